The van der Waals surface area contributed by atoms with Crippen molar-refractivity contribution in [3.05, 3.63) is 0 Å². The zero-order chi connectivity index (χ0) is 14.4. The van der Waals surface area contributed by atoms with Crippen molar-refractivity contribution in [2.24, 2.45) is 10.8 Å². The van der Waals surface area contributed by atoms with Crippen LogP contribution in [0.2, 0.25) is 0 Å². The van der Waals surface area contributed by atoms with Gasteiger partial charge < -0.3 is 10.2 Å². The Bertz CT molecular complexity index is 386. The SMILES string of the molecule is CC1(C)C[C@@H]2C[C@](C)(CN2C(=S)NC2CCCCC2)C1. The molecule has 0 aromatic carbocycles. The lowest BCUT2D eigenvalue weighted by Crippen LogP contribution is -2.47. The summed E-state index contributed by atoms with van der Waals surface area (Å²) < 4.78 is 0. The second-order valence-corrected chi connectivity index (χ2v) is 9.01. The highest BCUT2D eigenvalue weighted by Crippen LogP contribution is 2.52. The molecule has 0 radical (unpaired) electrons. The van der Waals surface area contributed by atoms with Gasteiger partial charge in [-0.15, -0.1) is 0 Å². The molecule has 3 rings (SSSR count). The molecule has 1 saturated heterocycles. The van der Waals surface area contributed by atoms with Crippen molar-refractivity contribution >= 4 is 17.3 Å². The Kier molecular flexibility index (Phi) is 3.77. The van der Waals surface area contributed by atoms with Crippen LogP contribution in [-0.2, 0) is 0 Å². The molecule has 1 heterocycles. The molecular weight excluding hydrogens is 264 g/mol. The summed E-state index contributed by atoms with van der Waals surface area (Å²) in [5.41, 5.74) is 0.956. The third kappa shape index (κ3) is 2.98. The van der Waals surface area contributed by atoms with Gasteiger partial charge in [0.1, 0.15) is 0 Å². The van der Waals surface area contributed by atoms with Gasteiger partial charge in [0.2, 0.25) is 0 Å². The van der Waals surface area contributed by atoms with E-state index < -0.39 is 0 Å². The molecule has 0 unspecified atom stereocenters. The van der Waals surface area contributed by atoms with E-state index >= 15 is 0 Å². The molecule has 0 amide bonds. The summed E-state index contributed by atoms with van der Waals surface area (Å²) >= 11 is 5.76. The highest BCUT2D eigenvalue weighted by atomic mass is 32.1. The Labute approximate surface area is 129 Å². The highest BCUT2D eigenvalue weighted by molar-refractivity contribution is 7.80. The van der Waals surface area contributed by atoms with Crippen LogP contribution in [0.25, 0.3) is 0 Å². The van der Waals surface area contributed by atoms with Gasteiger partial charge in [0.05, 0.1) is 0 Å². The molecule has 3 fully saturated rings. The molecule has 2 nitrogen and oxygen atoms in total. The smallest absolute Gasteiger partial charge is 0.169 e. The summed E-state index contributed by atoms with van der Waals surface area (Å²) in [6, 6.07) is 1.31. The minimum Gasteiger partial charge on any atom is -0.360 e. The normalized spacial score (nSPS) is 37.0. The largest absolute Gasteiger partial charge is 0.360 e. The van der Waals surface area contributed by atoms with Crippen molar-refractivity contribution in [1.29, 1.82) is 0 Å². The van der Waals surface area contributed by atoms with Crippen molar-refractivity contribution in [1.82, 2.24) is 10.2 Å². The Morgan fingerprint density at radius 1 is 1.10 bits per heavy atom. The second kappa shape index (κ2) is 5.15. The Morgan fingerprint density at radius 2 is 1.80 bits per heavy atom. The number of hydrogen-bond donors (Lipinski definition) is 1. The van der Waals surface area contributed by atoms with E-state index in [9.17, 15) is 0 Å². The second-order valence-electron chi connectivity index (χ2n) is 8.63. The van der Waals surface area contributed by atoms with Crippen LogP contribution in [0.1, 0.15) is 72.1 Å². The lowest BCUT2D eigenvalue weighted by atomic mass is 9.65. The summed E-state index contributed by atoms with van der Waals surface area (Å²) in [6.07, 6.45) is 10.7. The monoisotopic (exact) mass is 294 g/mol. The number of rotatable bonds is 1. The van der Waals surface area contributed by atoms with E-state index in [0.717, 1.165) is 5.11 Å². The zero-order valence-corrected chi connectivity index (χ0v) is 14.2. The van der Waals surface area contributed by atoms with Crippen molar-refractivity contribution < 1.29 is 0 Å². The molecule has 0 spiro atoms. The average Bonchev–Trinajstić information content (AvgIpc) is 2.60. The van der Waals surface area contributed by atoms with E-state index in [1.807, 2.05) is 0 Å². The fraction of sp³-hybridized carbons (Fsp3) is 0.941. The lowest BCUT2D eigenvalue weighted by Gasteiger charge is -2.39. The fourth-order valence-electron chi connectivity index (χ4n) is 5.20. The van der Waals surface area contributed by atoms with Crippen LogP contribution in [-0.4, -0.2) is 28.6 Å². The summed E-state index contributed by atoms with van der Waals surface area (Å²) in [6.45, 7) is 8.49. The van der Waals surface area contributed by atoms with Gasteiger partial charge in [0.25, 0.3) is 0 Å². The van der Waals surface area contributed by atoms with Crippen LogP contribution in [0, 0.1) is 10.8 Å². The molecule has 0 aromatic heterocycles. The molecule has 3 heteroatoms. The van der Waals surface area contributed by atoms with E-state index in [1.165, 1.54) is 57.9 Å². The number of nitrogens with zero attached hydrogens (tertiary/aromatic N) is 1. The van der Waals surface area contributed by atoms with Crippen molar-refractivity contribution in [3.63, 3.8) is 0 Å². The number of nitrogens with one attached hydrogen (secondary N) is 1. The highest BCUT2D eigenvalue weighted by Gasteiger charge is 2.50. The van der Waals surface area contributed by atoms with E-state index in [4.69, 9.17) is 12.2 Å². The van der Waals surface area contributed by atoms with Gasteiger partial charge in [-0.3, -0.25) is 0 Å². The summed E-state index contributed by atoms with van der Waals surface area (Å²) in [5.74, 6) is 0. The van der Waals surface area contributed by atoms with Crippen LogP contribution in [0.15, 0.2) is 0 Å². The van der Waals surface area contributed by atoms with Crippen molar-refractivity contribution in [3.8, 4) is 0 Å². The molecule has 20 heavy (non-hydrogen) atoms. The molecule has 1 aliphatic heterocycles. The fourth-order valence-corrected chi connectivity index (χ4v) is 5.58. The maximum Gasteiger partial charge on any atom is 0.169 e. The molecule has 2 aliphatic carbocycles. The number of hydrogen-bond acceptors (Lipinski definition) is 1. The van der Waals surface area contributed by atoms with Crippen LogP contribution in [0.3, 0.4) is 0 Å². The van der Waals surface area contributed by atoms with Crippen molar-refractivity contribution in [2.45, 2.75) is 84.2 Å². The van der Waals surface area contributed by atoms with Crippen LogP contribution >= 0.6 is 12.2 Å². The first kappa shape index (κ1) is 14.6. The number of thiocarbonyl (C=S) groups is 1. The first-order chi connectivity index (χ1) is 9.37. The Hall–Kier alpha value is -0.310. The molecule has 0 aromatic rings. The topological polar surface area (TPSA) is 15.3 Å². The standard InChI is InChI=1S/C17H30N2S/c1-16(2)9-14-10-17(3,11-16)12-19(14)15(20)18-13-7-5-4-6-8-13/h13-14H,4-12H2,1-3H3,(H,18,20)/t14-,17+/m1/s1. The van der Waals surface area contributed by atoms with E-state index in [2.05, 4.69) is 31.0 Å². The first-order valence-corrected chi connectivity index (χ1v) is 8.85. The van der Waals surface area contributed by atoms with Crippen LogP contribution < -0.4 is 5.32 Å². The minimum absolute atomic E-state index is 0.477. The quantitative estimate of drug-likeness (QED) is 0.733. The summed E-state index contributed by atoms with van der Waals surface area (Å²) in [5, 5.41) is 4.72. The number of fused-ring (bicyclic) bond motifs is 2. The molecular formula is C17H30N2S. The minimum atomic E-state index is 0.477. The number of likely N-dealkylation sites (tertiary alicyclic amines) is 1. The van der Waals surface area contributed by atoms with E-state index in [-0.39, 0.29) is 0 Å². The van der Waals surface area contributed by atoms with Gasteiger partial charge in [-0.25, -0.2) is 0 Å². The van der Waals surface area contributed by atoms with Crippen LogP contribution in [0.5, 0.6) is 0 Å². The van der Waals surface area contributed by atoms with Gasteiger partial charge in [-0.1, -0.05) is 40.0 Å². The predicted octanol–water partition coefficient (Wildman–Crippen LogP) is 4.09. The maximum absolute atomic E-state index is 5.76. The third-order valence-corrected chi connectivity index (χ3v) is 5.96. The molecule has 3 aliphatic rings. The van der Waals surface area contributed by atoms with Crippen molar-refractivity contribution in [2.75, 3.05) is 6.54 Å². The first-order valence-electron chi connectivity index (χ1n) is 8.44. The van der Waals surface area contributed by atoms with Gasteiger partial charge in [-0.2, -0.15) is 0 Å². The summed E-state index contributed by atoms with van der Waals surface area (Å²) in [4.78, 5) is 2.53. The lowest BCUT2D eigenvalue weighted by molar-refractivity contribution is 0.132. The average molecular weight is 295 g/mol. The van der Waals surface area contributed by atoms with E-state index in [1.54, 1.807) is 0 Å². The third-order valence-electron chi connectivity index (χ3n) is 5.61. The van der Waals surface area contributed by atoms with E-state index in [0.29, 0.717) is 22.9 Å². The van der Waals surface area contributed by atoms with Crippen LogP contribution in [0.4, 0.5) is 0 Å². The Morgan fingerprint density at radius 3 is 2.50 bits per heavy atom. The molecule has 114 valence electrons. The molecule has 2 atom stereocenters. The van der Waals surface area contributed by atoms with Gasteiger partial charge in [0.15, 0.2) is 5.11 Å². The predicted molar refractivity (Wildman–Crippen MR) is 88.8 cm³/mol. The molecule has 2 bridgehead atoms. The summed E-state index contributed by atoms with van der Waals surface area (Å²) in [7, 11) is 0. The molecule has 2 saturated carbocycles. The van der Waals surface area contributed by atoms with Gasteiger partial charge in [-0.05, 0) is 55.2 Å². The molecule has 1 N–H and O–H groups in total. The van der Waals surface area contributed by atoms with Gasteiger partial charge in [0, 0.05) is 18.6 Å². The van der Waals surface area contributed by atoms with Gasteiger partial charge >= 0.3 is 0 Å². The zero-order valence-electron chi connectivity index (χ0n) is 13.4. The Balaban J connectivity index is 1.64. The maximum atomic E-state index is 5.76.